The van der Waals surface area contributed by atoms with E-state index in [0.717, 1.165) is 47.3 Å². The van der Waals surface area contributed by atoms with Crippen molar-refractivity contribution in [2.45, 2.75) is 12.8 Å². The lowest BCUT2D eigenvalue weighted by Gasteiger charge is -2.20. The Bertz CT molecular complexity index is 856. The summed E-state index contributed by atoms with van der Waals surface area (Å²) in [6.07, 6.45) is 5.36. The Balaban J connectivity index is 1.56. The molecule has 3 heterocycles. The number of rotatable bonds is 3. The number of piperidine rings is 1. The molecule has 5 nitrogen and oxygen atoms in total. The maximum atomic E-state index is 12.4. The number of carbonyl (C=O) groups is 1. The summed E-state index contributed by atoms with van der Waals surface area (Å²) in [5.41, 5.74) is 3.17. The fourth-order valence-electron chi connectivity index (χ4n) is 2.99. The molecule has 1 aliphatic heterocycles. The topological polar surface area (TPSA) is 66.9 Å². The average molecular weight is 338 g/mol. The van der Waals surface area contributed by atoms with Crippen LogP contribution in [0.15, 0.2) is 42.7 Å². The number of nitrogens with one attached hydrogen (secondary N) is 2. The smallest absolute Gasteiger partial charge is 0.229 e. The fraction of sp³-hybridized carbons (Fsp3) is 0.278. The van der Waals surface area contributed by atoms with E-state index in [1.54, 1.807) is 12.4 Å². The van der Waals surface area contributed by atoms with Crippen LogP contribution >= 0.6 is 11.3 Å². The minimum atomic E-state index is 0.0879. The van der Waals surface area contributed by atoms with Crippen molar-refractivity contribution in [3.05, 3.63) is 42.7 Å². The van der Waals surface area contributed by atoms with Crippen molar-refractivity contribution in [2.24, 2.45) is 5.92 Å². The summed E-state index contributed by atoms with van der Waals surface area (Å²) in [5.74, 6) is 0.176. The molecule has 0 saturated carbocycles. The molecule has 4 rings (SSSR count). The van der Waals surface area contributed by atoms with Crippen LogP contribution in [0.2, 0.25) is 0 Å². The zero-order valence-electron chi connectivity index (χ0n) is 13.2. The van der Waals surface area contributed by atoms with Gasteiger partial charge in [-0.3, -0.25) is 9.78 Å². The lowest BCUT2D eigenvalue weighted by molar-refractivity contribution is -0.120. The molecule has 0 radical (unpaired) electrons. The van der Waals surface area contributed by atoms with Crippen LogP contribution in [0, 0.1) is 5.92 Å². The van der Waals surface area contributed by atoms with Crippen molar-refractivity contribution >= 4 is 32.6 Å². The number of fused-ring (bicyclic) bond motifs is 1. The van der Waals surface area contributed by atoms with E-state index in [9.17, 15) is 4.79 Å². The number of carbonyl (C=O) groups excluding carboxylic acids is 1. The molecule has 1 aliphatic rings. The van der Waals surface area contributed by atoms with Gasteiger partial charge in [-0.25, -0.2) is 4.98 Å². The van der Waals surface area contributed by atoms with Crippen LogP contribution in [-0.2, 0) is 4.79 Å². The Morgan fingerprint density at radius 1 is 1.12 bits per heavy atom. The van der Waals surface area contributed by atoms with Gasteiger partial charge in [-0.15, -0.1) is 0 Å². The number of nitrogens with zero attached hydrogens (tertiary/aromatic N) is 2. The lowest BCUT2D eigenvalue weighted by atomic mass is 9.97. The van der Waals surface area contributed by atoms with E-state index in [4.69, 9.17) is 0 Å². The summed E-state index contributed by atoms with van der Waals surface area (Å²) < 4.78 is 1.07. The maximum Gasteiger partial charge on any atom is 0.229 e. The second kappa shape index (κ2) is 6.67. The van der Waals surface area contributed by atoms with Gasteiger partial charge in [-0.05, 0) is 61.3 Å². The molecular weight excluding hydrogens is 320 g/mol. The summed E-state index contributed by atoms with van der Waals surface area (Å²) in [6, 6.07) is 10.1. The van der Waals surface area contributed by atoms with Crippen LogP contribution in [0.3, 0.4) is 0 Å². The molecule has 0 atom stereocenters. The predicted molar refractivity (Wildman–Crippen MR) is 97.1 cm³/mol. The van der Waals surface area contributed by atoms with E-state index >= 15 is 0 Å². The van der Waals surface area contributed by atoms with Crippen LogP contribution in [0.1, 0.15) is 12.8 Å². The Morgan fingerprint density at radius 3 is 2.71 bits per heavy atom. The Labute approximate surface area is 144 Å². The third-order valence-electron chi connectivity index (χ3n) is 4.34. The third-order valence-corrected chi connectivity index (χ3v) is 5.28. The highest BCUT2D eigenvalue weighted by Crippen LogP contribution is 2.30. The van der Waals surface area contributed by atoms with Gasteiger partial charge in [0, 0.05) is 18.3 Å². The van der Waals surface area contributed by atoms with Crippen LogP contribution in [-0.4, -0.2) is 29.0 Å². The van der Waals surface area contributed by atoms with Crippen molar-refractivity contribution in [3.8, 4) is 11.1 Å². The molecule has 3 aromatic rings. The van der Waals surface area contributed by atoms with E-state index < -0.39 is 0 Å². The highest BCUT2D eigenvalue weighted by atomic mass is 32.1. The average Bonchev–Trinajstić information content (AvgIpc) is 3.04. The first kappa shape index (κ1) is 15.2. The first-order chi connectivity index (χ1) is 11.8. The molecule has 0 bridgehead atoms. The number of thiazole rings is 1. The van der Waals surface area contributed by atoms with Gasteiger partial charge in [0.25, 0.3) is 0 Å². The first-order valence-corrected chi connectivity index (χ1v) is 8.94. The van der Waals surface area contributed by atoms with E-state index in [-0.39, 0.29) is 11.8 Å². The van der Waals surface area contributed by atoms with Crippen LogP contribution < -0.4 is 10.6 Å². The van der Waals surface area contributed by atoms with E-state index in [1.807, 2.05) is 18.2 Å². The molecule has 2 N–H and O–H groups in total. The number of anilines is 1. The molecule has 1 saturated heterocycles. The van der Waals surface area contributed by atoms with Crippen molar-refractivity contribution in [3.63, 3.8) is 0 Å². The quantitative estimate of drug-likeness (QED) is 0.769. The summed E-state index contributed by atoms with van der Waals surface area (Å²) in [6.45, 7) is 1.82. The summed E-state index contributed by atoms with van der Waals surface area (Å²) in [5, 5.41) is 6.95. The zero-order chi connectivity index (χ0) is 16.4. The summed E-state index contributed by atoms with van der Waals surface area (Å²) in [7, 11) is 0. The van der Waals surface area contributed by atoms with Crippen molar-refractivity contribution in [1.29, 1.82) is 0 Å². The van der Waals surface area contributed by atoms with Crippen molar-refractivity contribution in [2.75, 3.05) is 18.4 Å². The Kier molecular flexibility index (Phi) is 4.23. The monoisotopic (exact) mass is 338 g/mol. The molecule has 0 unspecified atom stereocenters. The predicted octanol–water partition coefficient (Wildman–Crippen LogP) is 3.30. The molecule has 6 heteroatoms. The van der Waals surface area contributed by atoms with Crippen molar-refractivity contribution in [1.82, 2.24) is 15.3 Å². The summed E-state index contributed by atoms with van der Waals surface area (Å²) in [4.78, 5) is 20.9. The maximum absolute atomic E-state index is 12.4. The highest BCUT2D eigenvalue weighted by Gasteiger charge is 2.21. The van der Waals surface area contributed by atoms with Crippen LogP contribution in [0.25, 0.3) is 21.3 Å². The molecular formula is C18H18N4OS. The largest absolute Gasteiger partial charge is 0.317 e. The van der Waals surface area contributed by atoms with Crippen molar-refractivity contribution < 1.29 is 4.79 Å². The van der Waals surface area contributed by atoms with Gasteiger partial charge in [-0.1, -0.05) is 17.4 Å². The van der Waals surface area contributed by atoms with Gasteiger partial charge >= 0.3 is 0 Å². The van der Waals surface area contributed by atoms with E-state index in [1.165, 1.54) is 11.3 Å². The van der Waals surface area contributed by atoms with Gasteiger partial charge in [0.05, 0.1) is 10.2 Å². The zero-order valence-corrected chi connectivity index (χ0v) is 14.0. The van der Waals surface area contributed by atoms with Gasteiger partial charge in [-0.2, -0.15) is 0 Å². The highest BCUT2D eigenvalue weighted by molar-refractivity contribution is 7.22. The molecule has 0 aliphatic carbocycles. The molecule has 0 spiro atoms. The number of hydrogen-bond acceptors (Lipinski definition) is 5. The number of pyridine rings is 1. The molecule has 1 amide bonds. The number of aromatic nitrogens is 2. The number of benzene rings is 1. The second-order valence-electron chi connectivity index (χ2n) is 5.95. The van der Waals surface area contributed by atoms with Gasteiger partial charge in [0.1, 0.15) is 0 Å². The minimum Gasteiger partial charge on any atom is -0.317 e. The molecule has 122 valence electrons. The third kappa shape index (κ3) is 3.16. The molecule has 1 fully saturated rings. The Morgan fingerprint density at radius 2 is 1.92 bits per heavy atom. The number of hydrogen-bond donors (Lipinski definition) is 2. The minimum absolute atomic E-state index is 0.0879. The summed E-state index contributed by atoms with van der Waals surface area (Å²) >= 11 is 1.52. The van der Waals surface area contributed by atoms with Crippen LogP contribution in [0.5, 0.6) is 0 Å². The van der Waals surface area contributed by atoms with Gasteiger partial charge in [0.15, 0.2) is 5.13 Å². The fourth-order valence-corrected chi connectivity index (χ4v) is 3.90. The van der Waals surface area contributed by atoms with Crippen LogP contribution in [0.4, 0.5) is 5.13 Å². The molecule has 1 aromatic carbocycles. The lowest BCUT2D eigenvalue weighted by Crippen LogP contribution is -2.34. The van der Waals surface area contributed by atoms with Gasteiger partial charge < -0.3 is 10.6 Å². The first-order valence-electron chi connectivity index (χ1n) is 8.12. The standard InChI is InChI=1S/C18H18N4OS/c23-17(13-5-9-20-10-6-13)22-18-21-15-2-1-14(11-16(15)24-18)12-3-7-19-8-4-12/h1-4,7-8,11,13,20H,5-6,9-10H2,(H,21,22,23). The van der Waals surface area contributed by atoms with Gasteiger partial charge in [0.2, 0.25) is 5.91 Å². The molecule has 2 aromatic heterocycles. The van der Waals surface area contributed by atoms with E-state index in [2.05, 4.69) is 32.7 Å². The number of amides is 1. The van der Waals surface area contributed by atoms with E-state index in [0.29, 0.717) is 5.13 Å². The SMILES string of the molecule is O=C(Nc1nc2ccc(-c3ccncc3)cc2s1)C1CCNCC1. The molecule has 24 heavy (non-hydrogen) atoms. The Hall–Kier alpha value is -2.31. The normalized spacial score (nSPS) is 15.5. The second-order valence-corrected chi connectivity index (χ2v) is 6.98.